The van der Waals surface area contributed by atoms with Gasteiger partial charge in [-0.3, -0.25) is 4.79 Å². The average Bonchev–Trinajstić information content (AvgIpc) is 3.18. The van der Waals surface area contributed by atoms with E-state index in [1.54, 1.807) is 26.2 Å². The maximum atomic E-state index is 12.7. The molecule has 0 N–H and O–H groups in total. The number of hydrogen-bond donors (Lipinski definition) is 0. The van der Waals surface area contributed by atoms with E-state index in [1.807, 2.05) is 24.5 Å². The minimum atomic E-state index is -0.369. The molecular formula is C19H21N3O4S2. The highest BCUT2D eigenvalue weighted by Crippen LogP contribution is 2.21. The van der Waals surface area contributed by atoms with Crippen LogP contribution < -0.4 is 4.80 Å². The molecule has 3 aromatic rings. The van der Waals surface area contributed by atoms with Gasteiger partial charge in [0.25, 0.3) is 5.91 Å². The molecule has 0 unspecified atom stereocenters. The second-order valence-electron chi connectivity index (χ2n) is 6.00. The van der Waals surface area contributed by atoms with Crippen LogP contribution in [-0.2, 0) is 16.0 Å². The fraction of sp³-hybridized carbons (Fsp3) is 0.368. The molecule has 0 aliphatic heterocycles. The summed E-state index contributed by atoms with van der Waals surface area (Å²) in [6.45, 7) is 6.78. The molecule has 0 fully saturated rings. The predicted molar refractivity (Wildman–Crippen MR) is 109 cm³/mol. The quantitative estimate of drug-likeness (QED) is 0.572. The first-order valence-electron chi connectivity index (χ1n) is 8.77. The van der Waals surface area contributed by atoms with E-state index >= 15 is 0 Å². The standard InChI is InChI=1S/C19H21N3O4S2/c1-5-26-18(24)13-6-7-14-15(10-13)28-19(22(14)8-9-25-4)21-17(23)16-11(2)20-12(3)27-16/h6-7,10H,5,8-9H2,1-4H3. The van der Waals surface area contributed by atoms with Crippen LogP contribution in [0.1, 0.15) is 37.7 Å². The Morgan fingerprint density at radius 3 is 2.68 bits per heavy atom. The third-order valence-electron chi connectivity index (χ3n) is 4.01. The SMILES string of the molecule is CCOC(=O)c1ccc2c(c1)sc(=NC(=O)c1sc(C)nc1C)n2CCOC. The van der Waals surface area contributed by atoms with Crippen LogP contribution in [0.2, 0.25) is 0 Å². The minimum Gasteiger partial charge on any atom is -0.462 e. The number of nitrogens with zero attached hydrogens (tertiary/aromatic N) is 3. The molecule has 7 nitrogen and oxygen atoms in total. The van der Waals surface area contributed by atoms with E-state index in [-0.39, 0.29) is 11.9 Å². The van der Waals surface area contributed by atoms with Crippen molar-refractivity contribution in [3.8, 4) is 0 Å². The van der Waals surface area contributed by atoms with Gasteiger partial charge in [0.15, 0.2) is 4.80 Å². The second-order valence-corrected chi connectivity index (χ2v) is 8.21. The zero-order chi connectivity index (χ0) is 20.3. The molecule has 0 saturated carbocycles. The lowest BCUT2D eigenvalue weighted by Crippen LogP contribution is -2.19. The zero-order valence-corrected chi connectivity index (χ0v) is 17.8. The van der Waals surface area contributed by atoms with Crippen molar-refractivity contribution in [3.63, 3.8) is 0 Å². The molecule has 2 aromatic heterocycles. The highest BCUT2D eigenvalue weighted by molar-refractivity contribution is 7.16. The highest BCUT2D eigenvalue weighted by Gasteiger charge is 2.16. The van der Waals surface area contributed by atoms with Crippen molar-refractivity contribution in [2.75, 3.05) is 20.3 Å². The van der Waals surface area contributed by atoms with Crippen LogP contribution in [0, 0.1) is 13.8 Å². The van der Waals surface area contributed by atoms with Gasteiger partial charge in [-0.1, -0.05) is 11.3 Å². The van der Waals surface area contributed by atoms with E-state index in [2.05, 4.69) is 9.98 Å². The van der Waals surface area contributed by atoms with Gasteiger partial charge in [0.1, 0.15) is 4.88 Å². The number of amides is 1. The molecule has 0 aliphatic rings. The summed E-state index contributed by atoms with van der Waals surface area (Å²) in [7, 11) is 1.62. The largest absolute Gasteiger partial charge is 0.462 e. The first-order valence-corrected chi connectivity index (χ1v) is 10.4. The fourth-order valence-corrected chi connectivity index (χ4v) is 4.66. The zero-order valence-electron chi connectivity index (χ0n) is 16.1. The monoisotopic (exact) mass is 419 g/mol. The number of fused-ring (bicyclic) bond motifs is 1. The van der Waals surface area contributed by atoms with E-state index in [1.165, 1.54) is 22.7 Å². The van der Waals surface area contributed by atoms with Gasteiger partial charge in [0.05, 0.1) is 39.7 Å². The van der Waals surface area contributed by atoms with Crippen LogP contribution in [0.4, 0.5) is 0 Å². The lowest BCUT2D eigenvalue weighted by molar-refractivity contribution is 0.0526. The van der Waals surface area contributed by atoms with Gasteiger partial charge in [-0.05, 0) is 39.0 Å². The molecule has 0 bridgehead atoms. The third-order valence-corrected chi connectivity index (χ3v) is 6.11. The first-order chi connectivity index (χ1) is 13.4. The number of aryl methyl sites for hydroxylation is 2. The Morgan fingerprint density at radius 2 is 2.04 bits per heavy atom. The van der Waals surface area contributed by atoms with E-state index in [0.29, 0.717) is 40.7 Å². The van der Waals surface area contributed by atoms with Crippen LogP contribution in [0.15, 0.2) is 23.2 Å². The summed E-state index contributed by atoms with van der Waals surface area (Å²) in [5.74, 6) is -0.682. The number of carbonyl (C=O) groups excluding carboxylic acids is 2. The third kappa shape index (κ3) is 4.21. The number of carbonyl (C=O) groups is 2. The maximum absolute atomic E-state index is 12.7. The average molecular weight is 420 g/mol. The predicted octanol–water partition coefficient (Wildman–Crippen LogP) is 3.34. The Hall–Kier alpha value is -2.36. The molecular weight excluding hydrogens is 398 g/mol. The molecule has 1 aromatic carbocycles. The van der Waals surface area contributed by atoms with Gasteiger partial charge < -0.3 is 14.0 Å². The normalized spacial score (nSPS) is 11.9. The van der Waals surface area contributed by atoms with Crippen LogP contribution in [0.3, 0.4) is 0 Å². The summed E-state index contributed by atoms with van der Waals surface area (Å²) in [5.41, 5.74) is 2.05. The number of esters is 1. The summed E-state index contributed by atoms with van der Waals surface area (Å²) >= 11 is 2.70. The van der Waals surface area contributed by atoms with Crippen molar-refractivity contribution in [1.82, 2.24) is 9.55 Å². The molecule has 3 rings (SSSR count). The van der Waals surface area contributed by atoms with Crippen molar-refractivity contribution < 1.29 is 19.1 Å². The number of hydrogen-bond acceptors (Lipinski definition) is 7. The molecule has 1 amide bonds. The van der Waals surface area contributed by atoms with E-state index < -0.39 is 0 Å². The molecule has 28 heavy (non-hydrogen) atoms. The van der Waals surface area contributed by atoms with E-state index in [4.69, 9.17) is 9.47 Å². The van der Waals surface area contributed by atoms with E-state index in [9.17, 15) is 9.59 Å². The minimum absolute atomic E-state index is 0.313. The van der Waals surface area contributed by atoms with Gasteiger partial charge in [-0.2, -0.15) is 4.99 Å². The summed E-state index contributed by atoms with van der Waals surface area (Å²) in [5, 5.41) is 0.832. The fourth-order valence-electron chi connectivity index (χ4n) is 2.77. The maximum Gasteiger partial charge on any atom is 0.338 e. The van der Waals surface area contributed by atoms with Gasteiger partial charge in [-0.25, -0.2) is 9.78 Å². The van der Waals surface area contributed by atoms with Gasteiger partial charge in [0, 0.05) is 13.7 Å². The summed E-state index contributed by atoms with van der Waals surface area (Å²) < 4.78 is 13.1. The smallest absolute Gasteiger partial charge is 0.338 e. The first kappa shape index (κ1) is 20.4. The number of benzene rings is 1. The molecule has 0 atom stereocenters. The summed E-state index contributed by atoms with van der Waals surface area (Å²) in [4.78, 5) is 34.5. The topological polar surface area (TPSA) is 82.8 Å². The number of rotatable bonds is 6. The number of aromatic nitrogens is 2. The highest BCUT2D eigenvalue weighted by atomic mass is 32.1. The lowest BCUT2D eigenvalue weighted by atomic mass is 10.2. The van der Waals surface area contributed by atoms with Gasteiger partial charge in [-0.15, -0.1) is 11.3 Å². The molecule has 9 heteroatoms. The Labute approximate surface area is 170 Å². The van der Waals surface area contributed by atoms with Crippen LogP contribution in [-0.4, -0.2) is 41.8 Å². The van der Waals surface area contributed by atoms with Crippen molar-refractivity contribution in [2.24, 2.45) is 4.99 Å². The summed E-state index contributed by atoms with van der Waals surface area (Å²) in [6, 6.07) is 5.34. The number of ether oxygens (including phenoxy) is 2. The summed E-state index contributed by atoms with van der Waals surface area (Å²) in [6.07, 6.45) is 0. The second kappa shape index (κ2) is 8.76. The van der Waals surface area contributed by atoms with Gasteiger partial charge in [0.2, 0.25) is 0 Å². The van der Waals surface area contributed by atoms with Crippen molar-refractivity contribution in [2.45, 2.75) is 27.3 Å². The van der Waals surface area contributed by atoms with Crippen LogP contribution in [0.25, 0.3) is 10.2 Å². The molecule has 0 radical (unpaired) electrons. The number of methoxy groups -OCH3 is 1. The Balaban J connectivity index is 2.10. The van der Waals surface area contributed by atoms with Gasteiger partial charge >= 0.3 is 5.97 Å². The molecule has 0 saturated heterocycles. The molecule has 148 valence electrons. The van der Waals surface area contributed by atoms with Crippen molar-refractivity contribution in [1.29, 1.82) is 0 Å². The Bertz CT molecular complexity index is 1090. The van der Waals surface area contributed by atoms with Crippen LogP contribution in [0.5, 0.6) is 0 Å². The van der Waals surface area contributed by atoms with Crippen molar-refractivity contribution in [3.05, 3.63) is 44.1 Å². The van der Waals surface area contributed by atoms with Crippen LogP contribution >= 0.6 is 22.7 Å². The lowest BCUT2D eigenvalue weighted by Gasteiger charge is -2.05. The molecule has 0 spiro atoms. The molecule has 0 aliphatic carbocycles. The number of thiazole rings is 2. The molecule has 2 heterocycles. The Kier molecular flexibility index (Phi) is 6.38. The Morgan fingerprint density at radius 1 is 1.25 bits per heavy atom. The van der Waals surface area contributed by atoms with E-state index in [0.717, 1.165) is 15.2 Å². The van der Waals surface area contributed by atoms with Crippen molar-refractivity contribution >= 4 is 44.8 Å².